The first kappa shape index (κ1) is 9.32. The van der Waals surface area contributed by atoms with Crippen LogP contribution in [0.25, 0.3) is 0 Å². The van der Waals surface area contributed by atoms with Crippen molar-refractivity contribution >= 4 is 12.6 Å². The van der Waals surface area contributed by atoms with Gasteiger partial charge in [-0.25, -0.2) is 0 Å². The molecule has 11 heavy (non-hydrogen) atoms. The molecule has 0 bridgehead atoms. The van der Waals surface area contributed by atoms with E-state index in [9.17, 15) is 5.11 Å². The lowest BCUT2D eigenvalue weighted by Crippen LogP contribution is -2.55. The Labute approximate surface area is 73.4 Å². The number of aliphatic hydroxyl groups is 1. The summed E-state index contributed by atoms with van der Waals surface area (Å²) in [5.41, 5.74) is 0.0359. The second-order valence-electron chi connectivity index (χ2n) is 3.24. The fourth-order valence-corrected chi connectivity index (χ4v) is 1.69. The largest absolute Gasteiger partial charge is 0.378 e. The van der Waals surface area contributed by atoms with Crippen molar-refractivity contribution in [2.24, 2.45) is 0 Å². The Morgan fingerprint density at radius 2 is 1.91 bits per heavy atom. The van der Waals surface area contributed by atoms with Crippen LogP contribution in [0.15, 0.2) is 0 Å². The van der Waals surface area contributed by atoms with Crippen molar-refractivity contribution in [1.29, 1.82) is 0 Å². The van der Waals surface area contributed by atoms with E-state index in [4.69, 9.17) is 0 Å². The molecule has 1 heterocycles. The molecule has 4 heteroatoms. The monoisotopic (exact) mass is 176 g/mol. The normalized spacial score (nSPS) is 42.8. The highest BCUT2D eigenvalue weighted by Crippen LogP contribution is 2.22. The van der Waals surface area contributed by atoms with Gasteiger partial charge in [-0.1, -0.05) is 0 Å². The average Bonchev–Trinajstić information content (AvgIpc) is 1.97. The van der Waals surface area contributed by atoms with Crippen molar-refractivity contribution in [3.05, 3.63) is 0 Å². The van der Waals surface area contributed by atoms with Crippen molar-refractivity contribution < 1.29 is 5.11 Å². The standard InChI is InChI=1S/C7H16N2OS/c1-5-4-6(10)9(3)7(11)8(5)2/h5-7,10-11H,4H2,1-3H3. The van der Waals surface area contributed by atoms with Crippen LogP contribution in [0.2, 0.25) is 0 Å². The smallest absolute Gasteiger partial charge is 0.110 e. The van der Waals surface area contributed by atoms with Crippen LogP contribution in [-0.4, -0.2) is 46.8 Å². The predicted molar refractivity (Wildman–Crippen MR) is 48.4 cm³/mol. The van der Waals surface area contributed by atoms with Crippen LogP contribution in [0.1, 0.15) is 13.3 Å². The molecule has 3 nitrogen and oxygen atoms in total. The molecular weight excluding hydrogens is 160 g/mol. The fraction of sp³-hybridized carbons (Fsp3) is 1.00. The molecule has 1 aliphatic heterocycles. The molecule has 0 saturated carbocycles. The highest BCUT2D eigenvalue weighted by Gasteiger charge is 2.31. The maximum Gasteiger partial charge on any atom is 0.110 e. The number of nitrogens with zero attached hydrogens (tertiary/aromatic N) is 2. The van der Waals surface area contributed by atoms with Crippen molar-refractivity contribution in [1.82, 2.24) is 9.80 Å². The summed E-state index contributed by atoms with van der Waals surface area (Å²) in [4.78, 5) is 3.99. The van der Waals surface area contributed by atoms with E-state index >= 15 is 0 Å². The van der Waals surface area contributed by atoms with Gasteiger partial charge in [0.2, 0.25) is 0 Å². The molecule has 1 N–H and O–H groups in total. The minimum atomic E-state index is -0.344. The predicted octanol–water partition coefficient (Wildman–Crippen LogP) is 0.174. The Hall–Kier alpha value is 0.230. The Morgan fingerprint density at radius 1 is 1.36 bits per heavy atom. The number of thiol groups is 1. The lowest BCUT2D eigenvalue weighted by Gasteiger charge is -2.44. The second-order valence-corrected chi connectivity index (χ2v) is 3.70. The minimum Gasteiger partial charge on any atom is -0.378 e. The number of hydrogen-bond donors (Lipinski definition) is 2. The third kappa shape index (κ3) is 1.69. The first-order valence-electron chi connectivity index (χ1n) is 3.84. The van der Waals surface area contributed by atoms with Crippen LogP contribution < -0.4 is 0 Å². The van der Waals surface area contributed by atoms with Gasteiger partial charge in [0.15, 0.2) is 0 Å². The SMILES string of the molecule is CC1CC(O)N(C)C(S)N1C. The molecule has 0 amide bonds. The topological polar surface area (TPSA) is 26.7 Å². The van der Waals surface area contributed by atoms with E-state index in [-0.39, 0.29) is 11.7 Å². The van der Waals surface area contributed by atoms with E-state index in [0.717, 1.165) is 6.42 Å². The summed E-state index contributed by atoms with van der Waals surface area (Å²) in [6.07, 6.45) is 0.452. The van der Waals surface area contributed by atoms with Gasteiger partial charge in [0.1, 0.15) is 11.7 Å². The Bertz CT molecular complexity index is 130. The van der Waals surface area contributed by atoms with E-state index in [1.165, 1.54) is 0 Å². The zero-order valence-electron chi connectivity index (χ0n) is 7.23. The van der Waals surface area contributed by atoms with Crippen molar-refractivity contribution in [2.45, 2.75) is 31.1 Å². The van der Waals surface area contributed by atoms with E-state index < -0.39 is 0 Å². The Balaban J connectivity index is 2.63. The van der Waals surface area contributed by atoms with Gasteiger partial charge in [0, 0.05) is 12.5 Å². The first-order chi connectivity index (χ1) is 5.04. The zero-order valence-corrected chi connectivity index (χ0v) is 8.12. The van der Waals surface area contributed by atoms with Crippen LogP contribution in [0.3, 0.4) is 0 Å². The minimum absolute atomic E-state index is 0.0359. The van der Waals surface area contributed by atoms with Gasteiger partial charge in [-0.3, -0.25) is 9.80 Å². The summed E-state index contributed by atoms with van der Waals surface area (Å²) in [6.45, 7) is 2.10. The highest BCUT2D eigenvalue weighted by molar-refractivity contribution is 7.80. The fourth-order valence-electron chi connectivity index (χ4n) is 1.31. The van der Waals surface area contributed by atoms with Gasteiger partial charge >= 0.3 is 0 Å². The molecule has 0 aromatic heterocycles. The summed E-state index contributed by atoms with van der Waals surface area (Å²) in [7, 11) is 3.90. The quantitative estimate of drug-likeness (QED) is 0.515. The third-order valence-corrected chi connectivity index (χ3v) is 3.17. The molecular formula is C7H16N2OS. The van der Waals surface area contributed by atoms with Crippen LogP contribution >= 0.6 is 12.6 Å². The van der Waals surface area contributed by atoms with Gasteiger partial charge < -0.3 is 5.11 Å². The first-order valence-corrected chi connectivity index (χ1v) is 4.35. The van der Waals surface area contributed by atoms with E-state index in [2.05, 4.69) is 24.5 Å². The maximum absolute atomic E-state index is 9.49. The summed E-state index contributed by atoms with van der Waals surface area (Å²) >= 11 is 4.36. The molecule has 0 radical (unpaired) electrons. The van der Waals surface area contributed by atoms with Crippen LogP contribution in [0.4, 0.5) is 0 Å². The summed E-state index contributed by atoms with van der Waals surface area (Å²) in [5, 5.41) is 9.49. The zero-order chi connectivity index (χ0) is 8.59. The Kier molecular flexibility index (Phi) is 2.80. The number of aliphatic hydroxyl groups excluding tert-OH is 1. The molecule has 0 aliphatic carbocycles. The van der Waals surface area contributed by atoms with Crippen LogP contribution in [0, 0.1) is 0 Å². The molecule has 1 aliphatic rings. The number of rotatable bonds is 0. The highest BCUT2D eigenvalue weighted by atomic mass is 32.1. The van der Waals surface area contributed by atoms with E-state index in [0.29, 0.717) is 6.04 Å². The molecule has 1 rings (SSSR count). The average molecular weight is 176 g/mol. The summed E-state index contributed by atoms with van der Waals surface area (Å²) in [6, 6.07) is 0.406. The van der Waals surface area contributed by atoms with Gasteiger partial charge in [-0.05, 0) is 21.0 Å². The second kappa shape index (κ2) is 3.31. The number of hydrogen-bond acceptors (Lipinski definition) is 4. The van der Waals surface area contributed by atoms with Crippen molar-refractivity contribution in [3.63, 3.8) is 0 Å². The van der Waals surface area contributed by atoms with Crippen LogP contribution in [0.5, 0.6) is 0 Å². The molecule has 3 unspecified atom stereocenters. The molecule has 0 spiro atoms. The summed E-state index contributed by atoms with van der Waals surface area (Å²) in [5.74, 6) is 0. The third-order valence-electron chi connectivity index (χ3n) is 2.45. The van der Waals surface area contributed by atoms with E-state index in [1.54, 1.807) is 0 Å². The molecule has 3 atom stereocenters. The molecule has 0 aromatic rings. The van der Waals surface area contributed by atoms with Gasteiger partial charge in [-0.15, -0.1) is 12.6 Å². The van der Waals surface area contributed by atoms with Crippen LogP contribution in [-0.2, 0) is 0 Å². The maximum atomic E-state index is 9.49. The molecule has 66 valence electrons. The van der Waals surface area contributed by atoms with Gasteiger partial charge in [0.25, 0.3) is 0 Å². The van der Waals surface area contributed by atoms with Crippen molar-refractivity contribution in [2.75, 3.05) is 14.1 Å². The van der Waals surface area contributed by atoms with Gasteiger partial charge in [-0.2, -0.15) is 0 Å². The molecule has 1 saturated heterocycles. The lowest BCUT2D eigenvalue weighted by atomic mass is 10.1. The van der Waals surface area contributed by atoms with Gasteiger partial charge in [0.05, 0.1) is 0 Å². The Morgan fingerprint density at radius 3 is 2.45 bits per heavy atom. The summed E-state index contributed by atoms with van der Waals surface area (Å²) < 4.78 is 0. The molecule has 0 aromatic carbocycles. The van der Waals surface area contributed by atoms with Crippen molar-refractivity contribution in [3.8, 4) is 0 Å². The van der Waals surface area contributed by atoms with E-state index in [1.807, 2.05) is 19.0 Å². The lowest BCUT2D eigenvalue weighted by molar-refractivity contribution is -0.0833. The molecule has 1 fully saturated rings.